The fourth-order valence-electron chi connectivity index (χ4n) is 3.89. The number of carbonyl (C=O) groups excluding carboxylic acids is 3. The predicted octanol–water partition coefficient (Wildman–Crippen LogP) is 2.94. The van der Waals surface area contributed by atoms with Crippen molar-refractivity contribution in [3.8, 4) is 11.5 Å². The molecule has 1 atom stereocenters. The van der Waals surface area contributed by atoms with Gasteiger partial charge in [-0.25, -0.2) is 4.79 Å². The number of thiocarbonyl (C=S) groups is 1. The summed E-state index contributed by atoms with van der Waals surface area (Å²) < 4.78 is 15.8. The molecule has 1 fully saturated rings. The van der Waals surface area contributed by atoms with Crippen molar-refractivity contribution in [2.75, 3.05) is 25.3 Å². The van der Waals surface area contributed by atoms with Gasteiger partial charge < -0.3 is 24.4 Å². The van der Waals surface area contributed by atoms with E-state index in [2.05, 4.69) is 5.32 Å². The molecule has 1 N–H and O–H groups in total. The van der Waals surface area contributed by atoms with Gasteiger partial charge >= 0.3 is 5.97 Å². The van der Waals surface area contributed by atoms with Crippen molar-refractivity contribution < 1.29 is 28.6 Å². The fraction of sp³-hybridized carbons (Fsp3) is 0.333. The normalized spacial score (nSPS) is 16.7. The van der Waals surface area contributed by atoms with E-state index in [0.717, 1.165) is 5.56 Å². The van der Waals surface area contributed by atoms with Crippen LogP contribution in [-0.4, -0.2) is 58.7 Å². The minimum Gasteiger partial charge on any atom is -0.462 e. The van der Waals surface area contributed by atoms with Crippen LogP contribution in [0, 0.1) is 0 Å². The first kappa shape index (κ1) is 23.5. The third-order valence-electron chi connectivity index (χ3n) is 5.57. The molecule has 2 aliphatic heterocycles. The van der Waals surface area contributed by atoms with Crippen LogP contribution in [0.1, 0.15) is 36.2 Å². The van der Waals surface area contributed by atoms with Gasteiger partial charge in [0.05, 0.1) is 18.6 Å². The Morgan fingerprint density at radius 3 is 2.56 bits per heavy atom. The monoisotopic (exact) mass is 483 g/mol. The van der Waals surface area contributed by atoms with Crippen molar-refractivity contribution in [1.82, 2.24) is 9.80 Å². The second kappa shape index (κ2) is 10.1. The van der Waals surface area contributed by atoms with E-state index >= 15 is 0 Å². The SMILES string of the molecule is CCOC(=O)c1ccc(NC(=O)C[C@H]2C(=O)N(CC)C(=S)N2Cc2ccc3c(c2)OCO3)cc1. The molecule has 10 heteroatoms. The minimum absolute atomic E-state index is 0.0698. The summed E-state index contributed by atoms with van der Waals surface area (Å²) in [7, 11) is 0. The average molecular weight is 484 g/mol. The largest absolute Gasteiger partial charge is 0.462 e. The Labute approximate surface area is 202 Å². The summed E-state index contributed by atoms with van der Waals surface area (Å²) in [6.45, 7) is 4.81. The molecule has 2 aromatic carbocycles. The molecule has 34 heavy (non-hydrogen) atoms. The quantitative estimate of drug-likeness (QED) is 0.452. The number of nitrogens with zero attached hydrogens (tertiary/aromatic N) is 2. The number of hydrogen-bond acceptors (Lipinski definition) is 7. The number of hydrogen-bond donors (Lipinski definition) is 1. The molecule has 9 nitrogen and oxygen atoms in total. The first-order valence-corrected chi connectivity index (χ1v) is 11.4. The highest BCUT2D eigenvalue weighted by atomic mass is 32.1. The predicted molar refractivity (Wildman–Crippen MR) is 128 cm³/mol. The van der Waals surface area contributed by atoms with Gasteiger partial charge in [0.15, 0.2) is 16.6 Å². The number of rotatable bonds is 8. The number of nitrogens with one attached hydrogen (secondary N) is 1. The molecule has 2 heterocycles. The number of amides is 2. The Kier molecular flexibility index (Phi) is 6.97. The summed E-state index contributed by atoms with van der Waals surface area (Å²) in [5.74, 6) is 0.342. The molecule has 2 aromatic rings. The van der Waals surface area contributed by atoms with Crippen LogP contribution < -0.4 is 14.8 Å². The van der Waals surface area contributed by atoms with E-state index in [1.165, 1.54) is 4.90 Å². The molecule has 1 saturated heterocycles. The van der Waals surface area contributed by atoms with Crippen LogP contribution in [0.25, 0.3) is 0 Å². The second-order valence-electron chi connectivity index (χ2n) is 7.75. The first-order valence-electron chi connectivity index (χ1n) is 11.0. The first-order chi connectivity index (χ1) is 16.4. The molecule has 0 aromatic heterocycles. The van der Waals surface area contributed by atoms with Crippen LogP contribution in [0.5, 0.6) is 11.5 Å². The van der Waals surface area contributed by atoms with E-state index in [9.17, 15) is 14.4 Å². The number of likely N-dealkylation sites (N-methyl/N-ethyl adjacent to an activating group) is 1. The number of fused-ring (bicyclic) bond motifs is 1. The number of carbonyl (C=O) groups is 3. The van der Waals surface area contributed by atoms with Crippen LogP contribution >= 0.6 is 12.2 Å². The Bertz CT molecular complexity index is 1120. The van der Waals surface area contributed by atoms with Gasteiger partial charge in [-0.2, -0.15) is 0 Å². The Morgan fingerprint density at radius 2 is 1.85 bits per heavy atom. The molecule has 2 aliphatic rings. The highest BCUT2D eigenvalue weighted by Gasteiger charge is 2.42. The highest BCUT2D eigenvalue weighted by molar-refractivity contribution is 7.80. The van der Waals surface area contributed by atoms with Crippen LogP contribution in [0.4, 0.5) is 5.69 Å². The zero-order valence-corrected chi connectivity index (χ0v) is 19.7. The molecule has 0 spiro atoms. The van der Waals surface area contributed by atoms with E-state index in [1.807, 2.05) is 25.1 Å². The van der Waals surface area contributed by atoms with Gasteiger partial charge in [-0.05, 0) is 68.0 Å². The lowest BCUT2D eigenvalue weighted by Gasteiger charge is -2.24. The summed E-state index contributed by atoms with van der Waals surface area (Å²) >= 11 is 5.56. The van der Waals surface area contributed by atoms with E-state index in [-0.39, 0.29) is 31.6 Å². The molecule has 0 aliphatic carbocycles. The molecular formula is C24H25N3O6S. The van der Waals surface area contributed by atoms with Gasteiger partial charge in [0.2, 0.25) is 12.7 Å². The molecule has 0 radical (unpaired) electrons. The van der Waals surface area contributed by atoms with Crippen LogP contribution in [0.15, 0.2) is 42.5 Å². The lowest BCUT2D eigenvalue weighted by atomic mass is 10.1. The van der Waals surface area contributed by atoms with Crippen LogP contribution in [-0.2, 0) is 20.9 Å². The molecule has 178 valence electrons. The number of ether oxygens (including phenoxy) is 3. The molecule has 0 saturated carbocycles. The Morgan fingerprint density at radius 1 is 1.12 bits per heavy atom. The van der Waals surface area contributed by atoms with E-state index < -0.39 is 12.0 Å². The molecule has 4 rings (SSSR count). The molecule has 0 bridgehead atoms. The zero-order valence-electron chi connectivity index (χ0n) is 18.9. The van der Waals surface area contributed by atoms with E-state index in [1.54, 1.807) is 36.1 Å². The standard InChI is InChI=1S/C24H25N3O6S/c1-3-26-22(29)18(12-21(28)25-17-8-6-16(7-9-17)23(30)31-4-2)27(24(26)34)13-15-5-10-19-20(11-15)33-14-32-19/h5-11,18H,3-4,12-14H2,1-2H3,(H,25,28)/t18-/m0/s1. The Balaban J connectivity index is 1.45. The van der Waals surface area contributed by atoms with Gasteiger partial charge in [-0.15, -0.1) is 0 Å². The zero-order chi connectivity index (χ0) is 24.2. The maximum atomic E-state index is 13.0. The van der Waals surface area contributed by atoms with Crippen molar-refractivity contribution in [1.29, 1.82) is 0 Å². The van der Waals surface area contributed by atoms with Gasteiger partial charge in [-0.3, -0.25) is 14.5 Å². The van der Waals surface area contributed by atoms with Crippen molar-refractivity contribution in [2.45, 2.75) is 32.9 Å². The summed E-state index contributed by atoms with van der Waals surface area (Å²) in [5.41, 5.74) is 1.79. The summed E-state index contributed by atoms with van der Waals surface area (Å²) in [4.78, 5) is 40.9. The number of esters is 1. The average Bonchev–Trinajstić information content (AvgIpc) is 3.37. The van der Waals surface area contributed by atoms with Crippen molar-refractivity contribution in [2.24, 2.45) is 0 Å². The lowest BCUT2D eigenvalue weighted by molar-refractivity contribution is -0.130. The molecular weight excluding hydrogens is 458 g/mol. The molecule has 0 unspecified atom stereocenters. The summed E-state index contributed by atoms with van der Waals surface area (Å²) in [5, 5.41) is 3.18. The van der Waals surface area contributed by atoms with Crippen LogP contribution in [0.2, 0.25) is 0 Å². The third kappa shape index (κ3) is 4.81. The van der Waals surface area contributed by atoms with Crippen LogP contribution in [0.3, 0.4) is 0 Å². The third-order valence-corrected chi connectivity index (χ3v) is 6.02. The van der Waals surface area contributed by atoms with E-state index in [0.29, 0.717) is 41.0 Å². The van der Waals surface area contributed by atoms with Crippen molar-refractivity contribution >= 4 is 40.8 Å². The van der Waals surface area contributed by atoms with Crippen molar-refractivity contribution in [3.05, 3.63) is 53.6 Å². The van der Waals surface area contributed by atoms with Gasteiger partial charge in [0.25, 0.3) is 5.91 Å². The topological polar surface area (TPSA) is 97.4 Å². The van der Waals surface area contributed by atoms with E-state index in [4.69, 9.17) is 26.4 Å². The summed E-state index contributed by atoms with van der Waals surface area (Å²) in [6.07, 6.45) is -0.0698. The molecule has 2 amide bonds. The second-order valence-corrected chi connectivity index (χ2v) is 8.11. The maximum absolute atomic E-state index is 13.0. The van der Waals surface area contributed by atoms with Gasteiger partial charge in [0, 0.05) is 18.8 Å². The fourth-order valence-corrected chi connectivity index (χ4v) is 4.30. The summed E-state index contributed by atoms with van der Waals surface area (Å²) in [6, 6.07) is 11.2. The maximum Gasteiger partial charge on any atom is 0.338 e. The smallest absolute Gasteiger partial charge is 0.338 e. The number of benzene rings is 2. The Hall–Kier alpha value is -3.66. The van der Waals surface area contributed by atoms with Gasteiger partial charge in [0.1, 0.15) is 6.04 Å². The van der Waals surface area contributed by atoms with Crippen molar-refractivity contribution in [3.63, 3.8) is 0 Å². The lowest BCUT2D eigenvalue weighted by Crippen LogP contribution is -2.37. The number of anilines is 1. The highest BCUT2D eigenvalue weighted by Crippen LogP contribution is 2.34. The minimum atomic E-state index is -0.725. The van der Waals surface area contributed by atoms with Gasteiger partial charge in [-0.1, -0.05) is 6.07 Å².